The zero-order valence-corrected chi connectivity index (χ0v) is 8.21. The predicted octanol–water partition coefficient (Wildman–Crippen LogP) is -0.661. The zero-order chi connectivity index (χ0) is 9.84. The Morgan fingerprint density at radius 1 is 1.69 bits per heavy atom. The maximum Gasteiger partial charge on any atom is 0.225 e. The van der Waals surface area contributed by atoms with Gasteiger partial charge in [-0.25, -0.2) is 0 Å². The van der Waals surface area contributed by atoms with E-state index in [2.05, 4.69) is 17.6 Å². The van der Waals surface area contributed by atoms with Gasteiger partial charge < -0.3 is 15.7 Å². The highest BCUT2D eigenvalue weighted by Crippen LogP contribution is 2.15. The number of aliphatic hydroxyl groups excluding tert-OH is 1. The summed E-state index contributed by atoms with van der Waals surface area (Å²) in [6, 6.07) is -0.139. The van der Waals surface area contributed by atoms with Crippen molar-refractivity contribution in [3.63, 3.8) is 0 Å². The first-order chi connectivity index (χ1) is 6.15. The molecule has 76 valence electrons. The molecule has 0 aliphatic carbocycles. The Hall–Kier alpha value is -0.610. The van der Waals surface area contributed by atoms with Crippen molar-refractivity contribution in [3.05, 3.63) is 0 Å². The highest BCUT2D eigenvalue weighted by Gasteiger charge is 2.29. The molecule has 13 heavy (non-hydrogen) atoms. The van der Waals surface area contributed by atoms with Gasteiger partial charge in [0.1, 0.15) is 0 Å². The third-order valence-electron chi connectivity index (χ3n) is 2.52. The Balaban J connectivity index is 2.38. The second-order valence-corrected chi connectivity index (χ2v) is 3.83. The first-order valence-corrected chi connectivity index (χ1v) is 4.77. The average molecular weight is 186 g/mol. The fourth-order valence-electron chi connectivity index (χ4n) is 1.56. The molecule has 3 atom stereocenters. The number of hydrogen-bond acceptors (Lipinski definition) is 3. The van der Waals surface area contributed by atoms with Crippen LogP contribution in [0.15, 0.2) is 0 Å². The van der Waals surface area contributed by atoms with Gasteiger partial charge in [0.2, 0.25) is 5.91 Å². The summed E-state index contributed by atoms with van der Waals surface area (Å²) in [5.41, 5.74) is 0. The van der Waals surface area contributed by atoms with Gasteiger partial charge in [0.15, 0.2) is 0 Å². The Morgan fingerprint density at radius 2 is 2.38 bits per heavy atom. The summed E-state index contributed by atoms with van der Waals surface area (Å²) in [5.74, 6) is 0.513. The fraction of sp³-hybridized carbons (Fsp3) is 0.889. The van der Waals surface area contributed by atoms with Crippen LogP contribution in [-0.2, 0) is 4.79 Å². The van der Waals surface area contributed by atoms with Crippen molar-refractivity contribution in [2.75, 3.05) is 19.7 Å². The van der Waals surface area contributed by atoms with Crippen LogP contribution in [0.3, 0.4) is 0 Å². The van der Waals surface area contributed by atoms with Crippen LogP contribution in [0.2, 0.25) is 0 Å². The van der Waals surface area contributed by atoms with Crippen molar-refractivity contribution in [2.45, 2.75) is 19.9 Å². The maximum absolute atomic E-state index is 11.6. The average Bonchev–Trinajstić information content (AvgIpc) is 2.51. The number of nitrogens with one attached hydrogen (secondary N) is 2. The fourth-order valence-corrected chi connectivity index (χ4v) is 1.56. The number of carbonyl (C=O) groups is 1. The lowest BCUT2D eigenvalue weighted by atomic mass is 9.97. The molecule has 0 saturated carbocycles. The van der Waals surface area contributed by atoms with Gasteiger partial charge in [0, 0.05) is 12.6 Å². The Bertz CT molecular complexity index is 184. The van der Waals surface area contributed by atoms with Crippen LogP contribution in [0.5, 0.6) is 0 Å². The molecule has 1 fully saturated rings. The van der Waals surface area contributed by atoms with E-state index in [1.54, 1.807) is 6.92 Å². The minimum Gasteiger partial charge on any atom is -0.394 e. The first-order valence-electron chi connectivity index (χ1n) is 4.77. The van der Waals surface area contributed by atoms with Crippen LogP contribution in [0.1, 0.15) is 13.8 Å². The van der Waals surface area contributed by atoms with Crippen molar-refractivity contribution in [3.8, 4) is 0 Å². The van der Waals surface area contributed by atoms with Gasteiger partial charge in [-0.3, -0.25) is 4.79 Å². The van der Waals surface area contributed by atoms with Gasteiger partial charge >= 0.3 is 0 Å². The van der Waals surface area contributed by atoms with E-state index in [9.17, 15) is 4.79 Å². The maximum atomic E-state index is 11.6. The van der Waals surface area contributed by atoms with E-state index < -0.39 is 0 Å². The quantitative estimate of drug-likeness (QED) is 0.548. The molecule has 0 aromatic heterocycles. The van der Waals surface area contributed by atoms with Crippen molar-refractivity contribution >= 4 is 5.91 Å². The number of aliphatic hydroxyl groups is 1. The van der Waals surface area contributed by atoms with Crippen LogP contribution in [0.4, 0.5) is 0 Å². The zero-order valence-electron chi connectivity index (χ0n) is 8.21. The number of carbonyl (C=O) groups excluding carboxylic acids is 1. The Kier molecular flexibility index (Phi) is 3.69. The molecule has 1 amide bonds. The normalized spacial score (nSPS) is 30.1. The second-order valence-electron chi connectivity index (χ2n) is 3.83. The summed E-state index contributed by atoms with van der Waals surface area (Å²) in [4.78, 5) is 11.6. The van der Waals surface area contributed by atoms with Crippen LogP contribution < -0.4 is 10.6 Å². The van der Waals surface area contributed by atoms with E-state index in [1.165, 1.54) is 0 Å². The highest BCUT2D eigenvalue weighted by molar-refractivity contribution is 5.79. The molecular formula is C9H18N2O2. The molecule has 1 aliphatic heterocycles. The van der Waals surface area contributed by atoms with E-state index in [0.717, 1.165) is 13.1 Å². The third kappa shape index (κ3) is 2.67. The van der Waals surface area contributed by atoms with Gasteiger partial charge in [-0.2, -0.15) is 0 Å². The van der Waals surface area contributed by atoms with E-state index in [0.29, 0.717) is 5.92 Å². The van der Waals surface area contributed by atoms with Crippen molar-refractivity contribution in [1.29, 1.82) is 0 Å². The van der Waals surface area contributed by atoms with Crippen LogP contribution in [-0.4, -0.2) is 36.8 Å². The molecule has 4 heteroatoms. The molecule has 0 spiro atoms. The Labute approximate surface area is 78.7 Å². The molecule has 0 aromatic carbocycles. The second kappa shape index (κ2) is 4.58. The van der Waals surface area contributed by atoms with E-state index >= 15 is 0 Å². The van der Waals surface area contributed by atoms with Gasteiger partial charge in [0.05, 0.1) is 12.5 Å². The van der Waals surface area contributed by atoms with Gasteiger partial charge in [-0.05, 0) is 19.4 Å². The van der Waals surface area contributed by atoms with Crippen molar-refractivity contribution in [1.82, 2.24) is 10.6 Å². The summed E-state index contributed by atoms with van der Waals surface area (Å²) in [7, 11) is 0. The lowest BCUT2D eigenvalue weighted by molar-refractivity contribution is -0.126. The first kappa shape index (κ1) is 10.5. The predicted molar refractivity (Wildman–Crippen MR) is 50.2 cm³/mol. The van der Waals surface area contributed by atoms with Crippen LogP contribution in [0, 0.1) is 11.8 Å². The van der Waals surface area contributed by atoms with Crippen LogP contribution >= 0.6 is 0 Å². The minimum atomic E-state index is -0.139. The summed E-state index contributed by atoms with van der Waals surface area (Å²) < 4.78 is 0. The molecule has 0 radical (unpaired) electrons. The van der Waals surface area contributed by atoms with Crippen LogP contribution in [0.25, 0.3) is 0 Å². The largest absolute Gasteiger partial charge is 0.394 e. The smallest absolute Gasteiger partial charge is 0.225 e. The SMILES string of the molecule is CC(CO)NC(=O)[C@@H]1CNC[C@H]1C. The topological polar surface area (TPSA) is 61.4 Å². The van der Waals surface area contributed by atoms with Gasteiger partial charge in [0.25, 0.3) is 0 Å². The van der Waals surface area contributed by atoms with Gasteiger partial charge in [-0.1, -0.05) is 6.92 Å². The molecule has 0 aromatic rings. The molecule has 1 aliphatic rings. The number of rotatable bonds is 3. The molecule has 1 rings (SSSR count). The molecule has 0 bridgehead atoms. The standard InChI is InChI=1S/C9H18N2O2/c1-6-3-10-4-8(6)9(13)11-7(2)5-12/h6-8,10,12H,3-5H2,1-2H3,(H,11,13)/t6-,7?,8-/m1/s1. The van der Waals surface area contributed by atoms with E-state index in [4.69, 9.17) is 5.11 Å². The summed E-state index contributed by atoms with van der Waals surface area (Å²) >= 11 is 0. The lowest BCUT2D eigenvalue weighted by Crippen LogP contribution is -2.41. The monoisotopic (exact) mass is 186 g/mol. The number of amides is 1. The summed E-state index contributed by atoms with van der Waals surface area (Å²) in [6.45, 7) is 5.52. The van der Waals surface area contributed by atoms with Crippen molar-refractivity contribution < 1.29 is 9.90 Å². The van der Waals surface area contributed by atoms with Gasteiger partial charge in [-0.15, -0.1) is 0 Å². The Morgan fingerprint density at radius 3 is 2.85 bits per heavy atom. The molecule has 3 N–H and O–H groups in total. The molecule has 1 unspecified atom stereocenters. The molecule has 4 nitrogen and oxygen atoms in total. The summed E-state index contributed by atoms with van der Waals surface area (Å²) in [5, 5.41) is 14.7. The highest BCUT2D eigenvalue weighted by atomic mass is 16.3. The molecular weight excluding hydrogens is 168 g/mol. The lowest BCUT2D eigenvalue weighted by Gasteiger charge is -2.17. The third-order valence-corrected chi connectivity index (χ3v) is 2.52. The van der Waals surface area contributed by atoms with E-state index in [1.807, 2.05) is 0 Å². The molecule has 1 heterocycles. The summed E-state index contributed by atoms with van der Waals surface area (Å²) in [6.07, 6.45) is 0. The van der Waals surface area contributed by atoms with E-state index in [-0.39, 0.29) is 24.5 Å². The van der Waals surface area contributed by atoms with Crippen molar-refractivity contribution in [2.24, 2.45) is 11.8 Å². The minimum absolute atomic E-state index is 0.000267. The number of hydrogen-bond donors (Lipinski definition) is 3. The molecule has 1 saturated heterocycles.